The number of rotatable bonds is 6. The van der Waals surface area contributed by atoms with Crippen molar-refractivity contribution in [3.05, 3.63) is 24.3 Å². The van der Waals surface area contributed by atoms with Gasteiger partial charge in [-0.05, 0) is 56.9 Å². The highest BCUT2D eigenvalue weighted by Crippen LogP contribution is 2.49. The summed E-state index contributed by atoms with van der Waals surface area (Å²) in [5, 5.41) is 12.6. The Kier molecular flexibility index (Phi) is 6.53. The number of halogens is 1. The number of benzene rings is 1. The number of nitrogens with zero attached hydrogens (tertiary/aromatic N) is 1. The first-order valence-corrected chi connectivity index (χ1v) is 8.97. The quantitative estimate of drug-likeness (QED) is 0.790. The lowest BCUT2D eigenvalue weighted by molar-refractivity contribution is -0.149. The van der Waals surface area contributed by atoms with E-state index in [9.17, 15) is 14.7 Å². The van der Waals surface area contributed by atoms with E-state index in [1.54, 1.807) is 0 Å². The number of ether oxygens (including phenoxy) is 1. The third-order valence-corrected chi connectivity index (χ3v) is 5.68. The fraction of sp³-hybridized carbons (Fsp3) is 0.579. The molecular formula is C19H27ClN2O4. The van der Waals surface area contributed by atoms with Gasteiger partial charge >= 0.3 is 5.97 Å². The van der Waals surface area contributed by atoms with Crippen LogP contribution in [-0.4, -0.2) is 47.6 Å². The van der Waals surface area contributed by atoms with Gasteiger partial charge in [-0.1, -0.05) is 6.42 Å². The summed E-state index contributed by atoms with van der Waals surface area (Å²) < 4.78 is 5.39. The molecule has 6 nitrogen and oxygen atoms in total. The van der Waals surface area contributed by atoms with E-state index in [0.717, 1.165) is 25.0 Å². The van der Waals surface area contributed by atoms with Crippen molar-refractivity contribution in [3.8, 4) is 5.75 Å². The fourth-order valence-electron chi connectivity index (χ4n) is 4.19. The largest absolute Gasteiger partial charge is 0.494 e. The molecule has 0 aromatic heterocycles. The van der Waals surface area contributed by atoms with Crippen LogP contribution < -0.4 is 10.1 Å². The summed E-state index contributed by atoms with van der Waals surface area (Å²) in [6.45, 7) is 5.52. The van der Waals surface area contributed by atoms with Crippen LogP contribution in [0.5, 0.6) is 5.75 Å². The molecule has 144 valence electrons. The average molecular weight is 383 g/mol. The van der Waals surface area contributed by atoms with Gasteiger partial charge in [0.15, 0.2) is 0 Å². The number of hydrogen-bond donors (Lipinski definition) is 2. The number of carbonyl (C=O) groups excluding carboxylic acids is 1. The Morgan fingerprint density at radius 2 is 2.08 bits per heavy atom. The number of carboxylic acids is 1. The molecule has 1 saturated heterocycles. The Morgan fingerprint density at radius 1 is 1.38 bits per heavy atom. The lowest BCUT2D eigenvalue weighted by atomic mass is 9.81. The number of carbonyl (C=O) groups is 2. The molecule has 1 aromatic carbocycles. The molecule has 1 aliphatic heterocycles. The van der Waals surface area contributed by atoms with Gasteiger partial charge in [0.05, 0.1) is 18.1 Å². The van der Waals surface area contributed by atoms with E-state index in [1.165, 1.54) is 0 Å². The van der Waals surface area contributed by atoms with Crippen molar-refractivity contribution in [2.45, 2.75) is 39.2 Å². The van der Waals surface area contributed by atoms with Crippen LogP contribution >= 0.6 is 12.4 Å². The van der Waals surface area contributed by atoms with Crippen LogP contribution in [0.4, 0.5) is 5.69 Å². The minimum absolute atomic E-state index is 0. The SMILES string of the molecule is CCOc1ccc(NC(=O)C(C)N2C[C@@H]3CCC[C@@]3(C(=O)O)C2)cc1.Cl. The highest BCUT2D eigenvalue weighted by atomic mass is 35.5. The lowest BCUT2D eigenvalue weighted by Crippen LogP contribution is -2.43. The van der Waals surface area contributed by atoms with Crippen molar-refractivity contribution in [2.75, 3.05) is 25.0 Å². The van der Waals surface area contributed by atoms with E-state index in [1.807, 2.05) is 43.0 Å². The fourth-order valence-corrected chi connectivity index (χ4v) is 4.19. The van der Waals surface area contributed by atoms with Gasteiger partial charge in [0, 0.05) is 18.8 Å². The predicted molar refractivity (Wildman–Crippen MR) is 102 cm³/mol. The molecule has 1 saturated carbocycles. The number of anilines is 1. The zero-order chi connectivity index (χ0) is 18.0. The third kappa shape index (κ3) is 3.81. The Hall–Kier alpha value is -1.79. The van der Waals surface area contributed by atoms with E-state index in [-0.39, 0.29) is 30.3 Å². The molecule has 0 spiro atoms. The van der Waals surface area contributed by atoms with Crippen LogP contribution in [0.15, 0.2) is 24.3 Å². The Labute approximate surface area is 160 Å². The second-order valence-corrected chi connectivity index (χ2v) is 7.10. The van der Waals surface area contributed by atoms with Crippen molar-refractivity contribution in [1.82, 2.24) is 4.90 Å². The topological polar surface area (TPSA) is 78.9 Å². The van der Waals surface area contributed by atoms with Crippen LogP contribution in [0.25, 0.3) is 0 Å². The number of fused-ring (bicyclic) bond motifs is 1. The number of aliphatic carboxylic acids is 1. The molecule has 2 fully saturated rings. The van der Waals surface area contributed by atoms with Gasteiger partial charge in [0.1, 0.15) is 5.75 Å². The molecular weight excluding hydrogens is 356 g/mol. The Bertz CT molecular complexity index is 651. The van der Waals surface area contributed by atoms with Crippen LogP contribution in [0.2, 0.25) is 0 Å². The molecule has 3 rings (SSSR count). The van der Waals surface area contributed by atoms with Gasteiger partial charge in [0.2, 0.25) is 5.91 Å². The average Bonchev–Trinajstić information content (AvgIpc) is 3.14. The molecule has 2 aliphatic rings. The van der Waals surface area contributed by atoms with E-state index < -0.39 is 11.4 Å². The van der Waals surface area contributed by atoms with E-state index in [4.69, 9.17) is 4.74 Å². The minimum atomic E-state index is -0.711. The van der Waals surface area contributed by atoms with Gasteiger partial charge < -0.3 is 15.2 Å². The summed E-state index contributed by atoms with van der Waals surface area (Å²) in [5.41, 5.74) is 0.0564. The molecule has 0 bridgehead atoms. The third-order valence-electron chi connectivity index (χ3n) is 5.68. The number of carboxylic acid groups (broad SMARTS) is 1. The van der Waals surface area contributed by atoms with E-state index in [0.29, 0.717) is 25.4 Å². The summed E-state index contributed by atoms with van der Waals surface area (Å²) in [5.74, 6) is 0.108. The maximum absolute atomic E-state index is 12.6. The van der Waals surface area contributed by atoms with Crippen LogP contribution in [0, 0.1) is 11.3 Å². The number of nitrogens with one attached hydrogen (secondary N) is 1. The maximum Gasteiger partial charge on any atom is 0.311 e. The molecule has 7 heteroatoms. The van der Waals surface area contributed by atoms with Gasteiger partial charge in [-0.3, -0.25) is 14.5 Å². The van der Waals surface area contributed by atoms with Crippen molar-refractivity contribution < 1.29 is 19.4 Å². The molecule has 0 radical (unpaired) electrons. The van der Waals surface area contributed by atoms with Crippen LogP contribution in [-0.2, 0) is 9.59 Å². The predicted octanol–water partition coefficient (Wildman–Crippen LogP) is 3.02. The highest BCUT2D eigenvalue weighted by Gasteiger charge is 2.55. The summed E-state index contributed by atoms with van der Waals surface area (Å²) in [6, 6.07) is 6.92. The Balaban J connectivity index is 0.00000243. The summed E-state index contributed by atoms with van der Waals surface area (Å²) in [6.07, 6.45) is 2.63. The summed E-state index contributed by atoms with van der Waals surface area (Å²) in [7, 11) is 0. The van der Waals surface area contributed by atoms with Crippen molar-refractivity contribution in [1.29, 1.82) is 0 Å². The van der Waals surface area contributed by atoms with Gasteiger partial charge in [-0.2, -0.15) is 0 Å². The number of likely N-dealkylation sites (tertiary alicyclic amines) is 1. The van der Waals surface area contributed by atoms with E-state index >= 15 is 0 Å². The highest BCUT2D eigenvalue weighted by molar-refractivity contribution is 5.94. The summed E-state index contributed by atoms with van der Waals surface area (Å²) >= 11 is 0. The first-order chi connectivity index (χ1) is 12.0. The van der Waals surface area contributed by atoms with Crippen molar-refractivity contribution >= 4 is 30.0 Å². The molecule has 1 heterocycles. The minimum Gasteiger partial charge on any atom is -0.494 e. The van der Waals surface area contributed by atoms with E-state index in [2.05, 4.69) is 5.32 Å². The standard InChI is InChI=1S/C19H26N2O4.ClH/c1-3-25-16-8-6-15(7-9-16)20-17(22)13(2)21-11-14-5-4-10-19(14,12-21)18(23)24;/h6-9,13-14H,3-5,10-12H2,1-2H3,(H,20,22)(H,23,24);1H/t13?,14-,19+;/m0./s1. The van der Waals surface area contributed by atoms with Gasteiger partial charge in [0.25, 0.3) is 0 Å². The molecule has 2 N–H and O–H groups in total. The second-order valence-electron chi connectivity index (χ2n) is 7.10. The smallest absolute Gasteiger partial charge is 0.311 e. The first kappa shape index (κ1) is 20.5. The second kappa shape index (κ2) is 8.27. The monoisotopic (exact) mass is 382 g/mol. The molecule has 26 heavy (non-hydrogen) atoms. The molecule has 1 amide bonds. The van der Waals surface area contributed by atoms with Gasteiger partial charge in [-0.15, -0.1) is 12.4 Å². The first-order valence-electron chi connectivity index (χ1n) is 8.97. The number of hydrogen-bond acceptors (Lipinski definition) is 4. The molecule has 1 aromatic rings. The molecule has 1 aliphatic carbocycles. The zero-order valence-electron chi connectivity index (χ0n) is 15.2. The lowest BCUT2D eigenvalue weighted by Gasteiger charge is -2.26. The summed E-state index contributed by atoms with van der Waals surface area (Å²) in [4.78, 5) is 26.4. The Morgan fingerprint density at radius 3 is 2.65 bits per heavy atom. The molecule has 3 atom stereocenters. The normalized spacial score (nSPS) is 25.8. The zero-order valence-corrected chi connectivity index (χ0v) is 16.1. The van der Waals surface area contributed by atoms with Crippen LogP contribution in [0.1, 0.15) is 33.1 Å². The van der Waals surface area contributed by atoms with Crippen LogP contribution in [0.3, 0.4) is 0 Å². The van der Waals surface area contributed by atoms with Crippen molar-refractivity contribution in [2.24, 2.45) is 11.3 Å². The van der Waals surface area contributed by atoms with Crippen molar-refractivity contribution in [3.63, 3.8) is 0 Å². The maximum atomic E-state index is 12.6. The number of amides is 1. The van der Waals surface area contributed by atoms with Gasteiger partial charge in [-0.25, -0.2) is 0 Å². The molecule has 1 unspecified atom stereocenters.